The number of rotatable bonds is 6. The van der Waals surface area contributed by atoms with Crippen LogP contribution in [0.3, 0.4) is 0 Å². The summed E-state index contributed by atoms with van der Waals surface area (Å²) in [6.07, 6.45) is 7.82. The Hall–Kier alpha value is -1.12. The SMILES string of the molecule is CCCC1CCC(COc2ccc(CC)c(F)c2F)CC1. The molecule has 0 N–H and O–H groups in total. The predicted molar refractivity (Wildman–Crippen MR) is 81.6 cm³/mol. The van der Waals surface area contributed by atoms with Crippen molar-refractivity contribution in [1.82, 2.24) is 0 Å². The Morgan fingerprint density at radius 1 is 1.00 bits per heavy atom. The van der Waals surface area contributed by atoms with E-state index in [-0.39, 0.29) is 5.75 Å². The molecule has 0 spiro atoms. The summed E-state index contributed by atoms with van der Waals surface area (Å²) in [7, 11) is 0. The molecule has 2 rings (SSSR count). The maximum atomic E-state index is 13.9. The smallest absolute Gasteiger partial charge is 0.200 e. The number of aryl methyl sites for hydroxylation is 1. The lowest BCUT2D eigenvalue weighted by molar-refractivity contribution is 0.173. The van der Waals surface area contributed by atoms with Crippen LogP contribution in [-0.2, 0) is 6.42 Å². The lowest BCUT2D eigenvalue weighted by atomic mass is 9.80. The van der Waals surface area contributed by atoms with Gasteiger partial charge in [-0.05, 0) is 42.7 Å². The second kappa shape index (κ2) is 7.77. The molecule has 0 aliphatic heterocycles. The summed E-state index contributed by atoms with van der Waals surface area (Å²) in [5.41, 5.74) is 0.403. The molecule has 1 saturated carbocycles. The van der Waals surface area contributed by atoms with Crippen molar-refractivity contribution in [2.75, 3.05) is 6.61 Å². The van der Waals surface area contributed by atoms with Crippen LogP contribution in [0.15, 0.2) is 12.1 Å². The molecule has 0 aromatic heterocycles. The summed E-state index contributed by atoms with van der Waals surface area (Å²) in [6.45, 7) is 4.54. The summed E-state index contributed by atoms with van der Waals surface area (Å²) in [6, 6.07) is 3.17. The third-order valence-electron chi connectivity index (χ3n) is 4.65. The molecule has 1 aliphatic rings. The molecule has 0 amide bonds. The Morgan fingerprint density at radius 3 is 2.29 bits per heavy atom. The Morgan fingerprint density at radius 2 is 1.67 bits per heavy atom. The van der Waals surface area contributed by atoms with E-state index in [2.05, 4.69) is 6.92 Å². The molecule has 0 bridgehead atoms. The monoisotopic (exact) mass is 296 g/mol. The van der Waals surface area contributed by atoms with Crippen LogP contribution in [0.4, 0.5) is 8.78 Å². The molecular weight excluding hydrogens is 270 g/mol. The fourth-order valence-electron chi connectivity index (χ4n) is 3.26. The second-order valence-corrected chi connectivity index (χ2v) is 6.19. The van der Waals surface area contributed by atoms with E-state index in [1.807, 2.05) is 6.92 Å². The van der Waals surface area contributed by atoms with Gasteiger partial charge >= 0.3 is 0 Å². The van der Waals surface area contributed by atoms with Crippen molar-refractivity contribution in [2.24, 2.45) is 11.8 Å². The highest BCUT2D eigenvalue weighted by Crippen LogP contribution is 2.32. The van der Waals surface area contributed by atoms with Gasteiger partial charge in [-0.1, -0.05) is 45.6 Å². The molecule has 1 aliphatic carbocycles. The number of ether oxygens (including phenoxy) is 1. The lowest BCUT2D eigenvalue weighted by Gasteiger charge is -2.28. The van der Waals surface area contributed by atoms with Gasteiger partial charge in [0.05, 0.1) is 6.61 Å². The predicted octanol–water partition coefficient (Wildman–Crippen LogP) is 5.51. The highest BCUT2D eigenvalue weighted by atomic mass is 19.2. The van der Waals surface area contributed by atoms with Gasteiger partial charge in [0, 0.05) is 0 Å². The zero-order valence-electron chi connectivity index (χ0n) is 13.1. The van der Waals surface area contributed by atoms with Crippen molar-refractivity contribution in [2.45, 2.75) is 58.8 Å². The zero-order valence-corrected chi connectivity index (χ0v) is 13.1. The average Bonchev–Trinajstić information content (AvgIpc) is 2.50. The number of halogens is 2. The van der Waals surface area contributed by atoms with Gasteiger partial charge in [0.15, 0.2) is 11.6 Å². The first kappa shape index (κ1) is 16.3. The first-order chi connectivity index (χ1) is 10.2. The van der Waals surface area contributed by atoms with Crippen molar-refractivity contribution in [3.05, 3.63) is 29.3 Å². The minimum atomic E-state index is -0.839. The van der Waals surface area contributed by atoms with Crippen molar-refractivity contribution >= 4 is 0 Å². The maximum Gasteiger partial charge on any atom is 0.200 e. The van der Waals surface area contributed by atoms with E-state index in [0.717, 1.165) is 18.8 Å². The third kappa shape index (κ3) is 4.18. The third-order valence-corrected chi connectivity index (χ3v) is 4.65. The van der Waals surface area contributed by atoms with Crippen molar-refractivity contribution < 1.29 is 13.5 Å². The number of hydrogen-bond acceptors (Lipinski definition) is 1. The van der Waals surface area contributed by atoms with Crippen molar-refractivity contribution in [3.63, 3.8) is 0 Å². The summed E-state index contributed by atoms with van der Waals surface area (Å²) in [4.78, 5) is 0. The molecule has 0 atom stereocenters. The van der Waals surface area contributed by atoms with E-state index >= 15 is 0 Å². The Labute approximate surface area is 126 Å². The minimum absolute atomic E-state index is 0.0559. The number of benzene rings is 1. The first-order valence-electron chi connectivity index (χ1n) is 8.25. The molecule has 118 valence electrons. The Bertz CT molecular complexity index is 451. The van der Waals surface area contributed by atoms with E-state index in [0.29, 0.717) is 24.5 Å². The molecule has 3 heteroatoms. The summed E-state index contributed by atoms with van der Waals surface area (Å²) >= 11 is 0. The van der Waals surface area contributed by atoms with Crippen LogP contribution in [0.25, 0.3) is 0 Å². The van der Waals surface area contributed by atoms with Crippen molar-refractivity contribution in [3.8, 4) is 5.75 Å². The minimum Gasteiger partial charge on any atom is -0.490 e. The van der Waals surface area contributed by atoms with Gasteiger partial charge in [0.1, 0.15) is 0 Å². The van der Waals surface area contributed by atoms with Gasteiger partial charge in [-0.15, -0.1) is 0 Å². The zero-order chi connectivity index (χ0) is 15.2. The highest BCUT2D eigenvalue weighted by molar-refractivity contribution is 5.31. The van der Waals surface area contributed by atoms with Gasteiger partial charge in [0.25, 0.3) is 0 Å². The van der Waals surface area contributed by atoms with Gasteiger partial charge in [-0.25, -0.2) is 4.39 Å². The van der Waals surface area contributed by atoms with Gasteiger partial charge in [-0.2, -0.15) is 4.39 Å². The fraction of sp³-hybridized carbons (Fsp3) is 0.667. The molecule has 0 unspecified atom stereocenters. The Kier molecular flexibility index (Phi) is 6.01. The van der Waals surface area contributed by atoms with E-state index in [4.69, 9.17) is 4.74 Å². The van der Waals surface area contributed by atoms with Gasteiger partial charge in [0.2, 0.25) is 5.82 Å². The van der Waals surface area contributed by atoms with Crippen LogP contribution < -0.4 is 4.74 Å². The summed E-state index contributed by atoms with van der Waals surface area (Å²) < 4.78 is 33.1. The molecule has 1 nitrogen and oxygen atoms in total. The molecular formula is C18H26F2O. The molecule has 0 heterocycles. The lowest BCUT2D eigenvalue weighted by Crippen LogP contribution is -2.20. The van der Waals surface area contributed by atoms with Crippen LogP contribution in [0.2, 0.25) is 0 Å². The molecule has 1 aromatic rings. The highest BCUT2D eigenvalue weighted by Gasteiger charge is 2.22. The summed E-state index contributed by atoms with van der Waals surface area (Å²) in [5.74, 6) is -0.216. The Balaban J connectivity index is 1.85. The largest absolute Gasteiger partial charge is 0.490 e. The molecule has 0 saturated heterocycles. The normalized spacial score (nSPS) is 22.3. The average molecular weight is 296 g/mol. The first-order valence-corrected chi connectivity index (χ1v) is 8.25. The molecule has 1 aromatic carbocycles. The molecule has 0 radical (unpaired) electrons. The van der Waals surface area contributed by atoms with Crippen LogP contribution in [0.5, 0.6) is 5.75 Å². The molecule has 1 fully saturated rings. The van der Waals surface area contributed by atoms with E-state index < -0.39 is 11.6 Å². The van der Waals surface area contributed by atoms with Crippen LogP contribution in [0, 0.1) is 23.5 Å². The second-order valence-electron chi connectivity index (χ2n) is 6.19. The van der Waals surface area contributed by atoms with Crippen LogP contribution in [0.1, 0.15) is 57.9 Å². The van der Waals surface area contributed by atoms with Crippen LogP contribution >= 0.6 is 0 Å². The van der Waals surface area contributed by atoms with Crippen molar-refractivity contribution in [1.29, 1.82) is 0 Å². The quantitative estimate of drug-likeness (QED) is 0.672. The van der Waals surface area contributed by atoms with E-state index in [1.54, 1.807) is 12.1 Å². The topological polar surface area (TPSA) is 9.23 Å². The fourth-order valence-corrected chi connectivity index (χ4v) is 3.26. The standard InChI is InChI=1S/C18H26F2O/c1-3-5-13-6-8-14(9-7-13)12-21-16-11-10-15(4-2)17(19)18(16)20/h10-11,13-14H,3-9,12H2,1-2H3. The number of hydrogen-bond donors (Lipinski definition) is 0. The van der Waals surface area contributed by atoms with Gasteiger partial charge < -0.3 is 4.74 Å². The maximum absolute atomic E-state index is 13.9. The van der Waals surface area contributed by atoms with E-state index in [1.165, 1.54) is 25.7 Å². The summed E-state index contributed by atoms with van der Waals surface area (Å²) in [5, 5.41) is 0. The van der Waals surface area contributed by atoms with E-state index in [9.17, 15) is 8.78 Å². The van der Waals surface area contributed by atoms with Crippen LogP contribution in [-0.4, -0.2) is 6.61 Å². The molecule has 21 heavy (non-hydrogen) atoms. The van der Waals surface area contributed by atoms with Gasteiger partial charge in [-0.3, -0.25) is 0 Å².